The van der Waals surface area contributed by atoms with Gasteiger partial charge in [0.15, 0.2) is 4.34 Å². The average molecular weight is 379 g/mol. The van der Waals surface area contributed by atoms with Gasteiger partial charge in [-0.3, -0.25) is 4.79 Å². The number of hydrogen-bond donors (Lipinski definition) is 1. The van der Waals surface area contributed by atoms with Crippen LogP contribution >= 0.6 is 34.7 Å². The molecule has 0 saturated carbocycles. The number of halogens is 2. The zero-order valence-corrected chi connectivity index (χ0v) is 14.7. The van der Waals surface area contributed by atoms with E-state index in [0.29, 0.717) is 10.7 Å². The minimum atomic E-state index is -0.276. The average Bonchev–Trinajstić information content (AvgIpc) is 3.05. The van der Waals surface area contributed by atoms with E-state index in [1.165, 1.54) is 35.2 Å². The number of amides is 1. The van der Waals surface area contributed by atoms with Crippen LogP contribution < -0.4 is 5.32 Å². The van der Waals surface area contributed by atoms with Crippen molar-refractivity contribution < 1.29 is 9.18 Å². The van der Waals surface area contributed by atoms with Crippen molar-refractivity contribution in [2.24, 2.45) is 0 Å². The molecule has 1 heterocycles. The Bertz CT molecular complexity index is 835. The lowest BCUT2D eigenvalue weighted by Crippen LogP contribution is -2.13. The standard InChI is InChI=1S/C17H12ClFN2OS2/c18-12-3-7-14(8-4-12)20-16(22)10-24-17-21-15(9-23-17)11-1-5-13(19)6-2-11/h1-9H,10H2,(H,20,22). The smallest absolute Gasteiger partial charge is 0.234 e. The Hall–Kier alpha value is -1.89. The predicted octanol–water partition coefficient (Wildman–Crippen LogP) is 5.33. The fourth-order valence-electron chi connectivity index (χ4n) is 1.93. The lowest BCUT2D eigenvalue weighted by atomic mass is 10.2. The van der Waals surface area contributed by atoms with E-state index in [2.05, 4.69) is 10.3 Å². The fraction of sp³-hybridized carbons (Fsp3) is 0.0588. The van der Waals surface area contributed by atoms with Gasteiger partial charge in [0.2, 0.25) is 5.91 Å². The third-order valence-electron chi connectivity index (χ3n) is 3.08. The van der Waals surface area contributed by atoms with E-state index in [9.17, 15) is 9.18 Å². The van der Waals surface area contributed by atoms with Gasteiger partial charge in [-0.1, -0.05) is 23.4 Å². The van der Waals surface area contributed by atoms with E-state index < -0.39 is 0 Å². The van der Waals surface area contributed by atoms with Crippen molar-refractivity contribution in [3.05, 3.63) is 64.8 Å². The maximum atomic E-state index is 12.9. The molecular weight excluding hydrogens is 367 g/mol. The predicted molar refractivity (Wildman–Crippen MR) is 98.3 cm³/mol. The van der Waals surface area contributed by atoms with E-state index in [0.717, 1.165) is 15.6 Å². The molecule has 1 amide bonds. The summed E-state index contributed by atoms with van der Waals surface area (Å²) in [5.41, 5.74) is 2.34. The van der Waals surface area contributed by atoms with Crippen molar-refractivity contribution in [3.8, 4) is 11.3 Å². The van der Waals surface area contributed by atoms with Crippen LogP contribution in [0.25, 0.3) is 11.3 Å². The third kappa shape index (κ3) is 4.56. The second-order valence-corrected chi connectivity index (χ2v) is 7.37. The molecule has 3 nitrogen and oxygen atoms in total. The number of rotatable bonds is 5. The maximum Gasteiger partial charge on any atom is 0.234 e. The first-order valence-corrected chi connectivity index (χ1v) is 9.24. The van der Waals surface area contributed by atoms with Gasteiger partial charge in [-0.25, -0.2) is 9.37 Å². The van der Waals surface area contributed by atoms with Crippen molar-refractivity contribution in [2.75, 3.05) is 11.1 Å². The van der Waals surface area contributed by atoms with Crippen molar-refractivity contribution in [1.82, 2.24) is 4.98 Å². The summed E-state index contributed by atoms with van der Waals surface area (Å²) >= 11 is 8.63. The molecule has 122 valence electrons. The summed E-state index contributed by atoms with van der Waals surface area (Å²) in [6, 6.07) is 13.1. The van der Waals surface area contributed by atoms with E-state index in [1.54, 1.807) is 36.4 Å². The molecule has 0 aliphatic heterocycles. The van der Waals surface area contributed by atoms with Gasteiger partial charge >= 0.3 is 0 Å². The first-order chi connectivity index (χ1) is 11.6. The summed E-state index contributed by atoms with van der Waals surface area (Å²) in [5.74, 6) is -0.123. The first kappa shape index (κ1) is 17.0. The van der Waals surface area contributed by atoms with Crippen LogP contribution in [0.1, 0.15) is 0 Å². The van der Waals surface area contributed by atoms with Crippen molar-refractivity contribution in [1.29, 1.82) is 0 Å². The number of benzene rings is 2. The number of thiazole rings is 1. The van der Waals surface area contributed by atoms with Crippen LogP contribution in [-0.2, 0) is 4.79 Å². The second-order valence-electron chi connectivity index (χ2n) is 4.85. The van der Waals surface area contributed by atoms with Crippen molar-refractivity contribution in [2.45, 2.75) is 4.34 Å². The molecule has 1 N–H and O–H groups in total. The van der Waals surface area contributed by atoms with Crippen LogP contribution in [0, 0.1) is 5.82 Å². The molecule has 0 aliphatic rings. The lowest BCUT2D eigenvalue weighted by Gasteiger charge is -2.04. The Kier molecular flexibility index (Phi) is 5.50. The molecule has 0 spiro atoms. The maximum absolute atomic E-state index is 12.9. The van der Waals surface area contributed by atoms with Gasteiger partial charge in [0.25, 0.3) is 0 Å². The monoisotopic (exact) mass is 378 g/mol. The van der Waals surface area contributed by atoms with Gasteiger partial charge in [-0.2, -0.15) is 0 Å². The van der Waals surface area contributed by atoms with Crippen molar-refractivity contribution in [3.63, 3.8) is 0 Å². The normalized spacial score (nSPS) is 10.6. The summed E-state index contributed by atoms with van der Waals surface area (Å²) in [6.45, 7) is 0. The quantitative estimate of drug-likeness (QED) is 0.610. The molecule has 0 bridgehead atoms. The minimum Gasteiger partial charge on any atom is -0.325 e. The summed E-state index contributed by atoms with van der Waals surface area (Å²) in [5, 5.41) is 5.32. The molecule has 2 aromatic carbocycles. The number of hydrogen-bond acceptors (Lipinski definition) is 4. The first-order valence-electron chi connectivity index (χ1n) is 7.00. The molecule has 1 aromatic heterocycles. The number of nitrogens with zero attached hydrogens (tertiary/aromatic N) is 1. The van der Waals surface area contributed by atoms with Gasteiger partial charge in [0.05, 0.1) is 11.4 Å². The summed E-state index contributed by atoms with van der Waals surface area (Å²) < 4.78 is 13.7. The molecule has 0 aliphatic carbocycles. The molecule has 24 heavy (non-hydrogen) atoms. The van der Waals surface area contributed by atoms with Crippen LogP contribution in [-0.4, -0.2) is 16.6 Å². The number of aromatic nitrogens is 1. The van der Waals surface area contributed by atoms with E-state index >= 15 is 0 Å². The van der Waals surface area contributed by atoms with Gasteiger partial charge in [0.1, 0.15) is 5.82 Å². The van der Waals surface area contributed by atoms with E-state index in [4.69, 9.17) is 11.6 Å². The number of thioether (sulfide) groups is 1. The van der Waals surface area contributed by atoms with Crippen LogP contribution in [0.4, 0.5) is 10.1 Å². The Morgan fingerprint density at radius 1 is 1.17 bits per heavy atom. The zero-order chi connectivity index (χ0) is 16.9. The fourth-order valence-corrected chi connectivity index (χ4v) is 3.70. The second kappa shape index (κ2) is 7.79. The molecule has 0 fully saturated rings. The van der Waals surface area contributed by atoms with Crippen LogP contribution in [0.2, 0.25) is 5.02 Å². The van der Waals surface area contributed by atoms with Gasteiger partial charge < -0.3 is 5.32 Å². The highest BCUT2D eigenvalue weighted by Gasteiger charge is 2.08. The molecule has 3 rings (SSSR count). The Labute approximate surface area is 151 Å². The topological polar surface area (TPSA) is 42.0 Å². The van der Waals surface area contributed by atoms with E-state index in [1.807, 2.05) is 5.38 Å². The molecule has 0 radical (unpaired) electrons. The highest BCUT2D eigenvalue weighted by atomic mass is 35.5. The minimum absolute atomic E-state index is 0.110. The van der Waals surface area contributed by atoms with Gasteiger partial charge in [0, 0.05) is 21.7 Å². The highest BCUT2D eigenvalue weighted by molar-refractivity contribution is 8.01. The Balaban J connectivity index is 1.56. The number of anilines is 1. The van der Waals surface area contributed by atoms with Gasteiger partial charge in [-0.05, 0) is 48.5 Å². The summed E-state index contributed by atoms with van der Waals surface area (Å²) in [4.78, 5) is 16.4. The highest BCUT2D eigenvalue weighted by Crippen LogP contribution is 2.28. The third-order valence-corrected chi connectivity index (χ3v) is 5.35. The summed E-state index contributed by atoms with van der Waals surface area (Å²) in [7, 11) is 0. The largest absolute Gasteiger partial charge is 0.325 e. The number of carbonyl (C=O) groups is 1. The van der Waals surface area contributed by atoms with E-state index in [-0.39, 0.29) is 17.5 Å². The molecular formula is C17H12ClFN2OS2. The van der Waals surface area contributed by atoms with Crippen LogP contribution in [0.5, 0.6) is 0 Å². The number of nitrogens with one attached hydrogen (secondary N) is 1. The van der Waals surface area contributed by atoms with Gasteiger partial charge in [-0.15, -0.1) is 11.3 Å². The summed E-state index contributed by atoms with van der Waals surface area (Å²) in [6.07, 6.45) is 0. The SMILES string of the molecule is O=C(CSc1nc(-c2ccc(F)cc2)cs1)Nc1ccc(Cl)cc1. The molecule has 0 atom stereocenters. The number of carbonyl (C=O) groups excluding carboxylic acids is 1. The zero-order valence-electron chi connectivity index (χ0n) is 12.3. The lowest BCUT2D eigenvalue weighted by molar-refractivity contribution is -0.113. The van der Waals surface area contributed by atoms with Crippen molar-refractivity contribution >= 4 is 46.3 Å². The molecule has 7 heteroatoms. The van der Waals surface area contributed by atoms with Crippen LogP contribution in [0.15, 0.2) is 58.3 Å². The molecule has 0 unspecified atom stereocenters. The Morgan fingerprint density at radius 3 is 2.58 bits per heavy atom. The Morgan fingerprint density at radius 2 is 1.88 bits per heavy atom. The molecule has 3 aromatic rings. The van der Waals surface area contributed by atoms with Crippen LogP contribution in [0.3, 0.4) is 0 Å². The molecule has 0 saturated heterocycles.